The average molecular weight is 300 g/mol. The topological polar surface area (TPSA) is 17.1 Å². The Labute approximate surface area is 120 Å². The molecule has 2 aromatic carbocycles. The van der Waals surface area contributed by atoms with E-state index in [2.05, 4.69) is 0 Å². The minimum absolute atomic E-state index is 0.0650. The smallest absolute Gasteiger partial charge is 0.168 e. The van der Waals surface area contributed by atoms with E-state index in [9.17, 15) is 4.79 Å². The maximum Gasteiger partial charge on any atom is 0.168 e. The number of halogens is 3. The second-order valence-electron chi connectivity index (χ2n) is 3.83. The predicted octanol–water partition coefficient (Wildman–Crippen LogP) is 5.07. The lowest BCUT2D eigenvalue weighted by atomic mass is 10.0. The number of ketones is 1. The molecule has 92 valence electrons. The van der Waals surface area contributed by atoms with Crippen LogP contribution in [0.1, 0.15) is 15.9 Å². The van der Waals surface area contributed by atoms with Gasteiger partial charge < -0.3 is 0 Å². The Morgan fingerprint density at radius 1 is 0.944 bits per heavy atom. The Bertz CT molecular complexity index is 576. The molecule has 0 aliphatic rings. The van der Waals surface area contributed by atoms with Crippen LogP contribution in [0.3, 0.4) is 0 Å². The predicted molar refractivity (Wildman–Crippen MR) is 75.9 cm³/mol. The van der Waals surface area contributed by atoms with Gasteiger partial charge in [-0.1, -0.05) is 53.0 Å². The van der Waals surface area contributed by atoms with Gasteiger partial charge in [-0.2, -0.15) is 0 Å². The zero-order valence-electron chi connectivity index (χ0n) is 9.29. The molecule has 0 aliphatic heterocycles. The zero-order chi connectivity index (χ0) is 13.1. The molecule has 0 bridgehead atoms. The molecule has 2 rings (SSSR count). The lowest BCUT2D eigenvalue weighted by Crippen LogP contribution is -2.04. The fourth-order valence-electron chi connectivity index (χ4n) is 1.60. The monoisotopic (exact) mass is 298 g/mol. The van der Waals surface area contributed by atoms with Crippen LogP contribution in [0.2, 0.25) is 15.1 Å². The summed E-state index contributed by atoms with van der Waals surface area (Å²) in [6.45, 7) is 0. The first kappa shape index (κ1) is 13.4. The van der Waals surface area contributed by atoms with E-state index in [0.29, 0.717) is 20.6 Å². The van der Waals surface area contributed by atoms with Gasteiger partial charge in [0.05, 0.1) is 10.0 Å². The summed E-state index contributed by atoms with van der Waals surface area (Å²) in [5.41, 5.74) is 1.33. The van der Waals surface area contributed by atoms with Crippen molar-refractivity contribution in [2.45, 2.75) is 6.42 Å². The largest absolute Gasteiger partial charge is 0.294 e. The molecule has 0 unspecified atom stereocenters. The minimum atomic E-state index is -0.0650. The molecule has 0 aromatic heterocycles. The molecule has 0 saturated heterocycles. The molecule has 1 nitrogen and oxygen atoms in total. The van der Waals surface area contributed by atoms with Gasteiger partial charge in [-0.25, -0.2) is 0 Å². The van der Waals surface area contributed by atoms with Crippen LogP contribution in [0.4, 0.5) is 0 Å². The number of hydrogen-bond donors (Lipinski definition) is 0. The van der Waals surface area contributed by atoms with Crippen molar-refractivity contribution in [2.75, 3.05) is 0 Å². The highest BCUT2D eigenvalue weighted by atomic mass is 35.5. The van der Waals surface area contributed by atoms with Crippen molar-refractivity contribution in [1.82, 2.24) is 0 Å². The summed E-state index contributed by atoms with van der Waals surface area (Å²) < 4.78 is 0. The molecule has 0 amide bonds. The molecular formula is C14H9Cl3O. The molecule has 2 aromatic rings. The summed E-state index contributed by atoms with van der Waals surface area (Å²) in [6.07, 6.45) is 0.275. The van der Waals surface area contributed by atoms with Crippen LogP contribution in [-0.4, -0.2) is 5.78 Å². The second-order valence-corrected chi connectivity index (χ2v) is 5.05. The van der Waals surface area contributed by atoms with Crippen molar-refractivity contribution in [3.63, 3.8) is 0 Å². The van der Waals surface area contributed by atoms with Crippen LogP contribution in [-0.2, 0) is 6.42 Å². The third-order valence-corrected chi connectivity index (χ3v) is 3.60. The fourth-order valence-corrected chi connectivity index (χ4v) is 2.13. The highest BCUT2D eigenvalue weighted by Gasteiger charge is 2.12. The van der Waals surface area contributed by atoms with Gasteiger partial charge in [0.1, 0.15) is 0 Å². The number of carbonyl (C=O) groups excluding carboxylic acids is 1. The molecule has 0 heterocycles. The molecule has 0 atom stereocenters. The van der Waals surface area contributed by atoms with E-state index in [4.69, 9.17) is 34.8 Å². The Balaban J connectivity index is 2.22. The zero-order valence-corrected chi connectivity index (χ0v) is 11.6. The van der Waals surface area contributed by atoms with Gasteiger partial charge in [0.15, 0.2) is 5.78 Å². The molecule has 0 radical (unpaired) electrons. The highest BCUT2D eigenvalue weighted by molar-refractivity contribution is 6.43. The molecule has 0 aliphatic carbocycles. The second kappa shape index (κ2) is 5.75. The van der Waals surface area contributed by atoms with Crippen molar-refractivity contribution in [1.29, 1.82) is 0 Å². The van der Waals surface area contributed by atoms with E-state index in [1.165, 1.54) is 0 Å². The van der Waals surface area contributed by atoms with Crippen LogP contribution in [0.15, 0.2) is 42.5 Å². The molecule has 4 heteroatoms. The summed E-state index contributed by atoms with van der Waals surface area (Å²) in [5, 5.41) is 1.34. The van der Waals surface area contributed by atoms with Crippen molar-refractivity contribution >= 4 is 40.6 Å². The van der Waals surface area contributed by atoms with Crippen LogP contribution < -0.4 is 0 Å². The molecular weight excluding hydrogens is 291 g/mol. The normalized spacial score (nSPS) is 10.4. The Morgan fingerprint density at radius 2 is 1.61 bits per heavy atom. The molecule has 0 spiro atoms. The van der Waals surface area contributed by atoms with E-state index < -0.39 is 0 Å². The molecule has 0 fully saturated rings. The van der Waals surface area contributed by atoms with E-state index >= 15 is 0 Å². The molecule has 0 saturated carbocycles. The van der Waals surface area contributed by atoms with Gasteiger partial charge in [-0.05, 0) is 29.8 Å². The number of carbonyl (C=O) groups is 1. The van der Waals surface area contributed by atoms with E-state index in [1.54, 1.807) is 30.3 Å². The summed E-state index contributed by atoms with van der Waals surface area (Å²) in [6, 6.07) is 12.2. The molecule has 18 heavy (non-hydrogen) atoms. The fraction of sp³-hybridized carbons (Fsp3) is 0.0714. The van der Waals surface area contributed by atoms with Gasteiger partial charge in [-0.3, -0.25) is 4.79 Å². The van der Waals surface area contributed by atoms with Crippen LogP contribution in [0, 0.1) is 0 Å². The first-order valence-electron chi connectivity index (χ1n) is 5.29. The maximum absolute atomic E-state index is 12.1. The van der Waals surface area contributed by atoms with Gasteiger partial charge in [0.25, 0.3) is 0 Å². The summed E-state index contributed by atoms with van der Waals surface area (Å²) in [7, 11) is 0. The van der Waals surface area contributed by atoms with Crippen molar-refractivity contribution in [2.24, 2.45) is 0 Å². The number of rotatable bonds is 3. The molecule has 0 N–H and O–H groups in total. The maximum atomic E-state index is 12.1. The lowest BCUT2D eigenvalue weighted by molar-refractivity contribution is 0.0993. The van der Waals surface area contributed by atoms with E-state index in [1.807, 2.05) is 12.1 Å². The number of Topliss-reactive ketones (excluding diaryl/α,β-unsaturated/α-hetero) is 1. The standard InChI is InChI=1S/C14H9Cl3O/c15-10-6-4-9(5-7-10)8-13(18)11-2-1-3-12(16)14(11)17/h1-7H,8H2. The van der Waals surface area contributed by atoms with E-state index in [0.717, 1.165) is 5.56 Å². The average Bonchev–Trinajstić information content (AvgIpc) is 2.35. The third kappa shape index (κ3) is 3.05. The van der Waals surface area contributed by atoms with E-state index in [-0.39, 0.29) is 12.2 Å². The van der Waals surface area contributed by atoms with Gasteiger partial charge in [0, 0.05) is 17.0 Å². The van der Waals surface area contributed by atoms with Gasteiger partial charge in [0.2, 0.25) is 0 Å². The van der Waals surface area contributed by atoms with Crippen LogP contribution in [0.5, 0.6) is 0 Å². The lowest BCUT2D eigenvalue weighted by Gasteiger charge is -2.05. The Hall–Kier alpha value is -1.02. The third-order valence-electron chi connectivity index (χ3n) is 2.53. The van der Waals surface area contributed by atoms with Crippen LogP contribution >= 0.6 is 34.8 Å². The summed E-state index contributed by atoms with van der Waals surface area (Å²) in [4.78, 5) is 12.1. The summed E-state index contributed by atoms with van der Waals surface area (Å²) >= 11 is 17.7. The van der Waals surface area contributed by atoms with Crippen LogP contribution in [0.25, 0.3) is 0 Å². The van der Waals surface area contributed by atoms with Crippen molar-refractivity contribution in [3.8, 4) is 0 Å². The van der Waals surface area contributed by atoms with Crippen molar-refractivity contribution < 1.29 is 4.79 Å². The minimum Gasteiger partial charge on any atom is -0.294 e. The Morgan fingerprint density at radius 3 is 2.28 bits per heavy atom. The van der Waals surface area contributed by atoms with Gasteiger partial charge >= 0.3 is 0 Å². The quantitative estimate of drug-likeness (QED) is 0.723. The SMILES string of the molecule is O=C(Cc1ccc(Cl)cc1)c1cccc(Cl)c1Cl. The van der Waals surface area contributed by atoms with Crippen molar-refractivity contribution in [3.05, 3.63) is 68.7 Å². The van der Waals surface area contributed by atoms with Gasteiger partial charge in [-0.15, -0.1) is 0 Å². The number of hydrogen-bond acceptors (Lipinski definition) is 1. The first-order valence-corrected chi connectivity index (χ1v) is 6.43. The summed E-state index contributed by atoms with van der Waals surface area (Å²) in [5.74, 6) is -0.0650. The Kier molecular flexibility index (Phi) is 4.28. The first-order chi connectivity index (χ1) is 8.58. The highest BCUT2D eigenvalue weighted by Crippen LogP contribution is 2.26. The number of benzene rings is 2.